The number of fused-ring (bicyclic) bond motifs is 1. The predicted molar refractivity (Wildman–Crippen MR) is 111 cm³/mol. The van der Waals surface area contributed by atoms with Crippen LogP contribution >= 0.6 is 22.7 Å². The van der Waals surface area contributed by atoms with Crippen molar-refractivity contribution in [2.24, 2.45) is 0 Å². The molecule has 0 bridgehead atoms. The van der Waals surface area contributed by atoms with Crippen molar-refractivity contribution in [2.75, 3.05) is 6.61 Å². The number of hydrogen-bond donors (Lipinski definition) is 0. The van der Waals surface area contributed by atoms with Gasteiger partial charge in [-0.15, -0.1) is 22.7 Å². The summed E-state index contributed by atoms with van der Waals surface area (Å²) in [7, 11) is 0. The Kier molecular flexibility index (Phi) is 8.97. The van der Waals surface area contributed by atoms with E-state index >= 15 is 0 Å². The molecule has 2 aromatic heterocycles. The molecule has 0 atom stereocenters. The largest absolute Gasteiger partial charge is 0.462 e. The first-order valence-corrected chi connectivity index (χ1v) is 11.4. The summed E-state index contributed by atoms with van der Waals surface area (Å²) in [5.74, 6) is -0.152. The van der Waals surface area contributed by atoms with Crippen LogP contribution in [-0.2, 0) is 4.74 Å². The highest BCUT2D eigenvalue weighted by Gasteiger charge is 2.15. The van der Waals surface area contributed by atoms with Crippen LogP contribution in [0.4, 0.5) is 0 Å². The molecular formula is C21H32O2S2. The van der Waals surface area contributed by atoms with Crippen molar-refractivity contribution >= 4 is 38.7 Å². The van der Waals surface area contributed by atoms with E-state index < -0.39 is 0 Å². The first-order chi connectivity index (χ1) is 12.1. The molecule has 4 heteroatoms. The molecule has 2 aromatic rings. The van der Waals surface area contributed by atoms with E-state index in [9.17, 15) is 4.79 Å². The predicted octanol–water partition coefficient (Wildman–Crippen LogP) is 7.66. The SMILES string of the molecule is CCCCCCCCCCCCOC(=O)c1cc2c(C)sc(C)c2s1. The Labute approximate surface area is 160 Å². The fourth-order valence-electron chi connectivity index (χ4n) is 3.17. The first kappa shape index (κ1) is 20.4. The van der Waals surface area contributed by atoms with Crippen molar-refractivity contribution < 1.29 is 9.53 Å². The van der Waals surface area contributed by atoms with Crippen molar-refractivity contribution in [2.45, 2.75) is 85.0 Å². The lowest BCUT2D eigenvalue weighted by Crippen LogP contribution is -2.04. The van der Waals surface area contributed by atoms with E-state index in [-0.39, 0.29) is 5.97 Å². The van der Waals surface area contributed by atoms with Crippen LogP contribution in [0.5, 0.6) is 0 Å². The fourth-order valence-corrected chi connectivity index (χ4v) is 5.42. The molecule has 2 rings (SSSR count). The van der Waals surface area contributed by atoms with Gasteiger partial charge in [0, 0.05) is 19.8 Å². The zero-order valence-corrected chi connectivity index (χ0v) is 17.6. The molecule has 0 aliphatic rings. The third kappa shape index (κ3) is 6.41. The van der Waals surface area contributed by atoms with Crippen LogP contribution < -0.4 is 0 Å². The second-order valence-corrected chi connectivity index (χ2v) is 9.37. The average molecular weight is 381 g/mol. The van der Waals surface area contributed by atoms with E-state index in [2.05, 4.69) is 20.8 Å². The molecule has 0 spiro atoms. The number of rotatable bonds is 12. The number of unbranched alkanes of at least 4 members (excludes halogenated alkanes) is 9. The van der Waals surface area contributed by atoms with Gasteiger partial charge in [-0.1, -0.05) is 64.7 Å². The Morgan fingerprint density at radius 2 is 1.48 bits per heavy atom. The summed E-state index contributed by atoms with van der Waals surface area (Å²) in [4.78, 5) is 15.5. The molecule has 0 aliphatic heterocycles. The summed E-state index contributed by atoms with van der Waals surface area (Å²) < 4.78 is 6.70. The Morgan fingerprint density at radius 3 is 2.08 bits per heavy atom. The molecular weight excluding hydrogens is 348 g/mol. The molecule has 25 heavy (non-hydrogen) atoms. The van der Waals surface area contributed by atoms with Gasteiger partial charge in [0.1, 0.15) is 4.88 Å². The second kappa shape index (κ2) is 11.0. The molecule has 0 aromatic carbocycles. The van der Waals surface area contributed by atoms with Gasteiger partial charge in [0.2, 0.25) is 0 Å². The third-order valence-electron chi connectivity index (χ3n) is 4.67. The Morgan fingerprint density at radius 1 is 0.880 bits per heavy atom. The second-order valence-electron chi connectivity index (χ2n) is 6.89. The monoisotopic (exact) mass is 380 g/mol. The molecule has 140 valence electrons. The number of hydrogen-bond acceptors (Lipinski definition) is 4. The van der Waals surface area contributed by atoms with Crippen LogP contribution in [0.3, 0.4) is 0 Å². The first-order valence-electron chi connectivity index (χ1n) is 9.80. The van der Waals surface area contributed by atoms with Crippen LogP contribution in [0.25, 0.3) is 10.1 Å². The average Bonchev–Trinajstić information content (AvgIpc) is 3.14. The molecule has 0 N–H and O–H groups in total. The lowest BCUT2D eigenvalue weighted by molar-refractivity contribution is 0.0503. The van der Waals surface area contributed by atoms with E-state index in [0.717, 1.165) is 11.3 Å². The molecule has 0 saturated heterocycles. The number of ether oxygens (including phenoxy) is 1. The fraction of sp³-hybridized carbons (Fsp3) is 0.667. The standard InChI is InChI=1S/C21H32O2S2/c1-4-5-6-7-8-9-10-11-12-13-14-23-21(22)19-15-18-16(2)24-17(3)20(18)25-19/h15H,4-14H2,1-3H3. The third-order valence-corrected chi connectivity index (χ3v) is 7.07. The molecule has 0 amide bonds. The maximum Gasteiger partial charge on any atom is 0.348 e. The minimum absolute atomic E-state index is 0.152. The summed E-state index contributed by atoms with van der Waals surface area (Å²) in [6, 6.07) is 2.00. The summed E-state index contributed by atoms with van der Waals surface area (Å²) in [6.45, 7) is 7.05. The smallest absolute Gasteiger partial charge is 0.348 e. The van der Waals surface area contributed by atoms with Gasteiger partial charge >= 0.3 is 5.97 Å². The number of aryl methyl sites for hydroxylation is 2. The van der Waals surface area contributed by atoms with E-state index in [1.54, 1.807) is 22.7 Å². The van der Waals surface area contributed by atoms with Gasteiger partial charge in [-0.3, -0.25) is 0 Å². The lowest BCUT2D eigenvalue weighted by Gasteiger charge is -2.04. The quantitative estimate of drug-likeness (QED) is 0.279. The van der Waals surface area contributed by atoms with Gasteiger partial charge in [-0.25, -0.2) is 4.79 Å². The molecule has 2 nitrogen and oxygen atoms in total. The van der Waals surface area contributed by atoms with Crippen LogP contribution in [0.15, 0.2) is 6.07 Å². The zero-order valence-electron chi connectivity index (χ0n) is 16.0. The molecule has 0 radical (unpaired) electrons. The molecule has 2 heterocycles. The summed E-state index contributed by atoms with van der Waals surface area (Å²) in [5, 5.41) is 1.22. The zero-order chi connectivity index (χ0) is 18.1. The van der Waals surface area contributed by atoms with Gasteiger partial charge in [0.15, 0.2) is 0 Å². The van der Waals surface area contributed by atoms with Gasteiger partial charge < -0.3 is 4.74 Å². The summed E-state index contributed by atoms with van der Waals surface area (Å²) in [5.41, 5.74) is 0. The lowest BCUT2D eigenvalue weighted by atomic mass is 10.1. The molecule has 0 saturated carbocycles. The van der Waals surface area contributed by atoms with Crippen molar-refractivity contribution in [3.8, 4) is 0 Å². The number of carbonyl (C=O) groups excluding carboxylic acids is 1. The highest BCUT2D eigenvalue weighted by atomic mass is 32.1. The van der Waals surface area contributed by atoms with Crippen LogP contribution in [0.2, 0.25) is 0 Å². The van der Waals surface area contributed by atoms with Crippen LogP contribution in [0.1, 0.15) is 90.6 Å². The minimum Gasteiger partial charge on any atom is -0.462 e. The van der Waals surface area contributed by atoms with E-state index in [4.69, 9.17) is 4.74 Å². The molecule has 0 fully saturated rings. The van der Waals surface area contributed by atoms with E-state index in [1.807, 2.05) is 6.07 Å². The van der Waals surface area contributed by atoms with Crippen molar-refractivity contribution in [3.05, 3.63) is 20.7 Å². The maximum atomic E-state index is 12.2. The summed E-state index contributed by atoms with van der Waals surface area (Å²) >= 11 is 3.38. The van der Waals surface area contributed by atoms with Crippen molar-refractivity contribution in [1.29, 1.82) is 0 Å². The van der Waals surface area contributed by atoms with Gasteiger partial charge in [-0.2, -0.15) is 0 Å². The number of carbonyl (C=O) groups is 1. The Hall–Kier alpha value is -0.870. The minimum atomic E-state index is -0.152. The maximum absolute atomic E-state index is 12.2. The number of thiophene rings is 2. The number of esters is 1. The molecule has 0 unspecified atom stereocenters. The van der Waals surface area contributed by atoms with Gasteiger partial charge in [0.05, 0.1) is 6.61 Å². The van der Waals surface area contributed by atoms with Crippen LogP contribution in [0, 0.1) is 13.8 Å². The Bertz CT molecular complexity index is 620. The van der Waals surface area contributed by atoms with E-state index in [1.165, 1.54) is 77.6 Å². The summed E-state index contributed by atoms with van der Waals surface area (Å²) in [6.07, 6.45) is 13.0. The van der Waals surface area contributed by atoms with Crippen LogP contribution in [-0.4, -0.2) is 12.6 Å². The highest BCUT2D eigenvalue weighted by molar-refractivity contribution is 7.25. The van der Waals surface area contributed by atoms with Gasteiger partial charge in [-0.05, 0) is 26.3 Å². The van der Waals surface area contributed by atoms with Crippen molar-refractivity contribution in [3.63, 3.8) is 0 Å². The van der Waals surface area contributed by atoms with Gasteiger partial charge in [0.25, 0.3) is 0 Å². The molecule has 0 aliphatic carbocycles. The normalized spacial score (nSPS) is 11.3. The topological polar surface area (TPSA) is 26.3 Å². The van der Waals surface area contributed by atoms with E-state index in [0.29, 0.717) is 6.61 Å². The van der Waals surface area contributed by atoms with Crippen molar-refractivity contribution in [1.82, 2.24) is 0 Å². The Balaban J connectivity index is 1.55. The highest BCUT2D eigenvalue weighted by Crippen LogP contribution is 2.36.